The van der Waals surface area contributed by atoms with E-state index in [1.165, 1.54) is 11.1 Å². The van der Waals surface area contributed by atoms with Gasteiger partial charge in [0.25, 0.3) is 0 Å². The van der Waals surface area contributed by atoms with Crippen molar-refractivity contribution in [2.45, 2.75) is 24.3 Å². The summed E-state index contributed by atoms with van der Waals surface area (Å²) >= 11 is 8.43. The number of aryl methyl sites for hydroxylation is 2. The van der Waals surface area contributed by atoms with Gasteiger partial charge in [0.05, 0.1) is 0 Å². The molecular formula is C10H14S2. The van der Waals surface area contributed by atoms with E-state index in [2.05, 4.69) is 56.4 Å². The highest BCUT2D eigenvalue weighted by atomic mass is 32.2. The molecule has 0 saturated heterocycles. The Bertz CT molecular complexity index is 226. The van der Waals surface area contributed by atoms with Crippen LogP contribution in [-0.2, 0) is 6.42 Å². The fourth-order valence-corrected chi connectivity index (χ4v) is 1.31. The minimum atomic E-state index is 0.200. The summed E-state index contributed by atoms with van der Waals surface area (Å²) in [5.41, 5.74) is 2.68. The SMILES string of the molecule is Cc1ccc(CCC(S)S)cc1. The van der Waals surface area contributed by atoms with Crippen LogP contribution in [0.15, 0.2) is 24.3 Å². The predicted octanol–water partition coefficient (Wildman–Crippen LogP) is 3.11. The molecule has 0 nitrogen and oxygen atoms in total. The topological polar surface area (TPSA) is 0 Å². The Kier molecular flexibility index (Phi) is 4.02. The number of hydrogen-bond donors (Lipinski definition) is 2. The molecule has 0 aliphatic heterocycles. The highest BCUT2D eigenvalue weighted by Gasteiger charge is 1.96. The summed E-state index contributed by atoms with van der Waals surface area (Å²) < 4.78 is 0.200. The fraction of sp³-hybridized carbons (Fsp3) is 0.400. The van der Waals surface area contributed by atoms with Crippen LogP contribution in [0.4, 0.5) is 0 Å². The highest BCUT2D eigenvalue weighted by molar-refractivity contribution is 7.99. The van der Waals surface area contributed by atoms with E-state index in [-0.39, 0.29) is 4.58 Å². The first-order valence-corrected chi connectivity index (χ1v) is 5.13. The van der Waals surface area contributed by atoms with Crippen LogP contribution in [0.25, 0.3) is 0 Å². The van der Waals surface area contributed by atoms with E-state index in [1.807, 2.05) is 0 Å². The summed E-state index contributed by atoms with van der Waals surface area (Å²) in [6.07, 6.45) is 2.09. The van der Waals surface area contributed by atoms with Crippen LogP contribution in [-0.4, -0.2) is 4.58 Å². The zero-order chi connectivity index (χ0) is 8.97. The maximum atomic E-state index is 4.21. The lowest BCUT2D eigenvalue weighted by Gasteiger charge is -2.03. The zero-order valence-electron chi connectivity index (χ0n) is 7.20. The van der Waals surface area contributed by atoms with Crippen molar-refractivity contribution < 1.29 is 0 Å². The molecule has 12 heavy (non-hydrogen) atoms. The average Bonchev–Trinajstić information content (AvgIpc) is 2.03. The van der Waals surface area contributed by atoms with Crippen molar-refractivity contribution in [2.24, 2.45) is 0 Å². The third kappa shape index (κ3) is 3.55. The number of thiol groups is 2. The second kappa shape index (κ2) is 4.83. The molecule has 0 spiro atoms. The molecule has 0 N–H and O–H groups in total. The average molecular weight is 198 g/mol. The Morgan fingerprint density at radius 3 is 2.25 bits per heavy atom. The lowest BCUT2D eigenvalue weighted by molar-refractivity contribution is 0.910. The van der Waals surface area contributed by atoms with Crippen LogP contribution in [0.1, 0.15) is 17.5 Å². The van der Waals surface area contributed by atoms with Gasteiger partial charge in [-0.1, -0.05) is 29.8 Å². The van der Waals surface area contributed by atoms with Gasteiger partial charge >= 0.3 is 0 Å². The molecular weight excluding hydrogens is 184 g/mol. The predicted molar refractivity (Wildman–Crippen MR) is 61.3 cm³/mol. The van der Waals surface area contributed by atoms with Gasteiger partial charge in [-0.15, -0.1) is 0 Å². The van der Waals surface area contributed by atoms with Crippen LogP contribution in [0.5, 0.6) is 0 Å². The van der Waals surface area contributed by atoms with Gasteiger partial charge in [0, 0.05) is 4.58 Å². The monoisotopic (exact) mass is 198 g/mol. The van der Waals surface area contributed by atoms with Crippen molar-refractivity contribution in [1.29, 1.82) is 0 Å². The van der Waals surface area contributed by atoms with Gasteiger partial charge in [0.15, 0.2) is 0 Å². The van der Waals surface area contributed by atoms with Gasteiger partial charge in [-0.3, -0.25) is 0 Å². The van der Waals surface area contributed by atoms with E-state index in [0.717, 1.165) is 12.8 Å². The van der Waals surface area contributed by atoms with E-state index >= 15 is 0 Å². The minimum Gasteiger partial charge on any atom is -0.165 e. The summed E-state index contributed by atoms with van der Waals surface area (Å²) in [5, 5.41) is 0. The molecule has 0 fully saturated rings. The molecule has 0 aliphatic carbocycles. The van der Waals surface area contributed by atoms with E-state index in [1.54, 1.807) is 0 Å². The molecule has 0 amide bonds. The zero-order valence-corrected chi connectivity index (χ0v) is 8.98. The molecule has 0 aliphatic rings. The fourth-order valence-electron chi connectivity index (χ4n) is 1.05. The van der Waals surface area contributed by atoms with Crippen LogP contribution in [0, 0.1) is 6.92 Å². The summed E-state index contributed by atoms with van der Waals surface area (Å²) in [5.74, 6) is 0. The molecule has 0 unspecified atom stereocenters. The minimum absolute atomic E-state index is 0.200. The van der Waals surface area contributed by atoms with Crippen molar-refractivity contribution in [1.82, 2.24) is 0 Å². The molecule has 0 saturated carbocycles. The summed E-state index contributed by atoms with van der Waals surface area (Å²) in [7, 11) is 0. The van der Waals surface area contributed by atoms with E-state index in [9.17, 15) is 0 Å². The van der Waals surface area contributed by atoms with Crippen molar-refractivity contribution in [3.05, 3.63) is 35.4 Å². The summed E-state index contributed by atoms with van der Waals surface area (Å²) in [6.45, 7) is 2.10. The first-order chi connectivity index (χ1) is 5.68. The van der Waals surface area contributed by atoms with Crippen LogP contribution in [0.3, 0.4) is 0 Å². The molecule has 0 atom stereocenters. The maximum Gasteiger partial charge on any atom is 0.0445 e. The van der Waals surface area contributed by atoms with Gasteiger partial charge in [-0.2, -0.15) is 25.3 Å². The first-order valence-electron chi connectivity index (χ1n) is 4.10. The molecule has 66 valence electrons. The van der Waals surface area contributed by atoms with Gasteiger partial charge in [0.2, 0.25) is 0 Å². The molecule has 0 bridgehead atoms. The van der Waals surface area contributed by atoms with Gasteiger partial charge < -0.3 is 0 Å². The summed E-state index contributed by atoms with van der Waals surface area (Å²) in [4.78, 5) is 0. The van der Waals surface area contributed by atoms with Crippen molar-refractivity contribution in [3.63, 3.8) is 0 Å². The molecule has 0 aromatic heterocycles. The summed E-state index contributed by atoms with van der Waals surface area (Å²) in [6, 6.07) is 8.61. The molecule has 0 heterocycles. The van der Waals surface area contributed by atoms with E-state index in [4.69, 9.17) is 0 Å². The smallest absolute Gasteiger partial charge is 0.0445 e. The third-order valence-corrected chi connectivity index (χ3v) is 2.33. The number of benzene rings is 1. The second-order valence-electron chi connectivity index (χ2n) is 3.00. The van der Waals surface area contributed by atoms with E-state index < -0.39 is 0 Å². The Labute approximate surface area is 85.2 Å². The normalized spacial score (nSPS) is 10.7. The quantitative estimate of drug-likeness (QED) is 0.541. The first kappa shape index (κ1) is 10.0. The molecule has 1 aromatic carbocycles. The van der Waals surface area contributed by atoms with E-state index in [0.29, 0.717) is 0 Å². The Hall–Kier alpha value is -0.0800. The van der Waals surface area contributed by atoms with Crippen molar-refractivity contribution >= 4 is 25.3 Å². The molecule has 2 heteroatoms. The Morgan fingerprint density at radius 1 is 1.17 bits per heavy atom. The van der Waals surface area contributed by atoms with Crippen LogP contribution < -0.4 is 0 Å². The maximum absolute atomic E-state index is 4.21. The standard InChI is InChI=1S/C10H14S2/c1-8-2-4-9(5-3-8)6-7-10(11)12/h2-5,10-12H,6-7H2,1H3. The molecule has 0 radical (unpaired) electrons. The number of hydrogen-bond acceptors (Lipinski definition) is 2. The second-order valence-corrected chi connectivity index (χ2v) is 4.66. The van der Waals surface area contributed by atoms with Crippen LogP contribution >= 0.6 is 25.3 Å². The third-order valence-electron chi connectivity index (χ3n) is 1.81. The Morgan fingerprint density at radius 2 is 1.75 bits per heavy atom. The number of rotatable bonds is 3. The molecule has 1 aromatic rings. The largest absolute Gasteiger partial charge is 0.165 e. The van der Waals surface area contributed by atoms with Crippen molar-refractivity contribution in [2.75, 3.05) is 0 Å². The van der Waals surface area contributed by atoms with Gasteiger partial charge in [-0.05, 0) is 25.3 Å². The highest BCUT2D eigenvalue weighted by Crippen LogP contribution is 2.11. The lowest BCUT2D eigenvalue weighted by Crippen LogP contribution is -1.91. The van der Waals surface area contributed by atoms with Crippen LogP contribution in [0.2, 0.25) is 0 Å². The lowest BCUT2D eigenvalue weighted by atomic mass is 10.1. The van der Waals surface area contributed by atoms with Crippen molar-refractivity contribution in [3.8, 4) is 0 Å². The van der Waals surface area contributed by atoms with Gasteiger partial charge in [-0.25, -0.2) is 0 Å². The molecule has 1 rings (SSSR count). The van der Waals surface area contributed by atoms with Gasteiger partial charge in [0.1, 0.15) is 0 Å². The Balaban J connectivity index is 2.48.